The first kappa shape index (κ1) is 18.7. The fraction of sp³-hybridized carbons (Fsp3) is 0.684. The summed E-state index contributed by atoms with van der Waals surface area (Å²) >= 11 is 0. The number of anilines is 1. The lowest BCUT2D eigenvalue weighted by molar-refractivity contribution is 0.00578. The molecule has 0 saturated carbocycles. The zero-order valence-electron chi connectivity index (χ0n) is 15.8. The summed E-state index contributed by atoms with van der Waals surface area (Å²) in [6.45, 7) is 10.9. The van der Waals surface area contributed by atoms with Crippen LogP contribution in [-0.4, -0.2) is 55.6 Å². The highest BCUT2D eigenvalue weighted by molar-refractivity contribution is 6.62. The first-order chi connectivity index (χ1) is 11.8. The van der Waals surface area contributed by atoms with Crippen molar-refractivity contribution in [2.45, 2.75) is 57.8 Å². The van der Waals surface area contributed by atoms with Gasteiger partial charge in [-0.3, -0.25) is 4.39 Å². The number of nitrogens with one attached hydrogen (secondary N) is 1. The van der Waals surface area contributed by atoms with Gasteiger partial charge in [0.15, 0.2) is 0 Å². The number of hydrogen-bond acceptors (Lipinski definition) is 4. The Kier molecular flexibility index (Phi) is 5.42. The quantitative estimate of drug-likeness (QED) is 0.802. The van der Waals surface area contributed by atoms with Crippen molar-refractivity contribution < 1.29 is 13.7 Å². The second kappa shape index (κ2) is 7.26. The maximum absolute atomic E-state index is 12.3. The number of hydrogen-bond donors (Lipinski definition) is 1. The molecule has 0 aromatic heterocycles. The fourth-order valence-corrected chi connectivity index (χ4v) is 3.39. The molecule has 4 nitrogen and oxygen atoms in total. The van der Waals surface area contributed by atoms with E-state index in [1.165, 1.54) is 0 Å². The summed E-state index contributed by atoms with van der Waals surface area (Å²) in [5.41, 5.74) is 1.51. The van der Waals surface area contributed by atoms with Crippen LogP contribution in [0.1, 0.15) is 40.5 Å². The van der Waals surface area contributed by atoms with E-state index in [0.717, 1.165) is 37.2 Å². The molecule has 3 rings (SSSR count). The molecule has 0 aliphatic carbocycles. The van der Waals surface area contributed by atoms with Crippen LogP contribution in [0.25, 0.3) is 0 Å². The molecule has 0 radical (unpaired) electrons. The Labute approximate surface area is 151 Å². The van der Waals surface area contributed by atoms with E-state index in [1.54, 1.807) is 0 Å². The van der Waals surface area contributed by atoms with Crippen LogP contribution < -0.4 is 10.8 Å². The van der Waals surface area contributed by atoms with Gasteiger partial charge in [0, 0.05) is 31.4 Å². The molecule has 2 saturated heterocycles. The summed E-state index contributed by atoms with van der Waals surface area (Å²) in [6, 6.07) is 8.75. The van der Waals surface area contributed by atoms with Gasteiger partial charge < -0.3 is 19.5 Å². The summed E-state index contributed by atoms with van der Waals surface area (Å²) in [5, 5.41) is 3.58. The summed E-state index contributed by atoms with van der Waals surface area (Å²) < 4.78 is 24.5. The minimum Gasteiger partial charge on any atom is -0.399 e. The Morgan fingerprint density at radius 1 is 1.16 bits per heavy atom. The minimum absolute atomic E-state index is 0.227. The molecule has 2 aliphatic heterocycles. The maximum Gasteiger partial charge on any atom is 0.494 e. The van der Waals surface area contributed by atoms with Crippen LogP contribution in [0.4, 0.5) is 10.1 Å². The highest BCUT2D eigenvalue weighted by Crippen LogP contribution is 2.36. The molecule has 0 unspecified atom stereocenters. The van der Waals surface area contributed by atoms with Crippen LogP contribution in [0.2, 0.25) is 0 Å². The van der Waals surface area contributed by atoms with Crippen LogP contribution in [0.3, 0.4) is 0 Å². The number of nitrogens with zero attached hydrogens (tertiary/aromatic N) is 1. The van der Waals surface area contributed by atoms with Crippen molar-refractivity contribution in [1.82, 2.24) is 4.90 Å². The summed E-state index contributed by atoms with van der Waals surface area (Å²) in [5.74, 6) is 0. The lowest BCUT2D eigenvalue weighted by Gasteiger charge is -2.32. The molecule has 1 aromatic rings. The molecule has 138 valence electrons. The predicted octanol–water partition coefficient (Wildman–Crippen LogP) is 2.83. The molecule has 1 aromatic carbocycles. The second-order valence-corrected chi connectivity index (χ2v) is 8.18. The van der Waals surface area contributed by atoms with Crippen LogP contribution in [0, 0.1) is 0 Å². The standard InChI is InChI=1S/C19H30BFN2O2/c1-18(2)19(3,4)25-20(24-18)15-6-8-16(9-7-15)22-17-10-13-23(14-17)12-5-11-21/h6-9,17,22H,5,10-14H2,1-4H3/t17-/m0/s1. The molecule has 2 aliphatic rings. The van der Waals surface area contributed by atoms with Crippen LogP contribution in [0.5, 0.6) is 0 Å². The predicted molar refractivity (Wildman–Crippen MR) is 101 cm³/mol. The van der Waals surface area contributed by atoms with Crippen LogP contribution >= 0.6 is 0 Å². The second-order valence-electron chi connectivity index (χ2n) is 8.18. The van der Waals surface area contributed by atoms with Gasteiger partial charge in [-0.1, -0.05) is 12.1 Å². The Morgan fingerprint density at radius 3 is 2.40 bits per heavy atom. The topological polar surface area (TPSA) is 33.7 Å². The van der Waals surface area contributed by atoms with Crippen molar-refractivity contribution in [2.75, 3.05) is 31.6 Å². The van der Waals surface area contributed by atoms with Crippen molar-refractivity contribution in [3.63, 3.8) is 0 Å². The Hall–Kier alpha value is -1.11. The van der Waals surface area contributed by atoms with Gasteiger partial charge in [-0.15, -0.1) is 0 Å². The molecular formula is C19H30BFN2O2. The molecule has 0 bridgehead atoms. The number of likely N-dealkylation sites (tertiary alicyclic amines) is 1. The van der Waals surface area contributed by atoms with Gasteiger partial charge in [-0.05, 0) is 58.1 Å². The van der Waals surface area contributed by atoms with Gasteiger partial charge >= 0.3 is 7.12 Å². The molecule has 0 spiro atoms. The van der Waals surface area contributed by atoms with E-state index in [-0.39, 0.29) is 25.0 Å². The summed E-state index contributed by atoms with van der Waals surface area (Å²) in [6.07, 6.45) is 1.74. The highest BCUT2D eigenvalue weighted by Gasteiger charge is 2.51. The smallest absolute Gasteiger partial charge is 0.399 e. The fourth-order valence-electron chi connectivity index (χ4n) is 3.39. The summed E-state index contributed by atoms with van der Waals surface area (Å²) in [4.78, 5) is 2.33. The Balaban J connectivity index is 1.55. The normalized spacial score (nSPS) is 25.5. The van der Waals surface area contributed by atoms with Gasteiger partial charge in [0.1, 0.15) is 0 Å². The Morgan fingerprint density at radius 2 is 1.80 bits per heavy atom. The molecule has 1 atom stereocenters. The van der Waals surface area contributed by atoms with Crippen LogP contribution in [0.15, 0.2) is 24.3 Å². The maximum atomic E-state index is 12.3. The molecule has 0 amide bonds. The van der Waals surface area contributed by atoms with E-state index in [2.05, 4.69) is 62.2 Å². The van der Waals surface area contributed by atoms with E-state index < -0.39 is 0 Å². The number of halogens is 1. The van der Waals surface area contributed by atoms with Crippen molar-refractivity contribution in [3.05, 3.63) is 24.3 Å². The van der Waals surface area contributed by atoms with Gasteiger partial charge in [-0.25, -0.2) is 0 Å². The van der Waals surface area contributed by atoms with Crippen molar-refractivity contribution >= 4 is 18.3 Å². The molecule has 6 heteroatoms. The van der Waals surface area contributed by atoms with Gasteiger partial charge in [0.25, 0.3) is 0 Å². The number of benzene rings is 1. The van der Waals surface area contributed by atoms with E-state index in [1.807, 2.05) is 0 Å². The molecule has 2 fully saturated rings. The third kappa shape index (κ3) is 4.18. The van der Waals surface area contributed by atoms with E-state index in [0.29, 0.717) is 12.5 Å². The van der Waals surface area contributed by atoms with Gasteiger partial charge in [0.05, 0.1) is 17.9 Å². The number of rotatable bonds is 6. The number of alkyl halides is 1. The monoisotopic (exact) mass is 348 g/mol. The first-order valence-electron chi connectivity index (χ1n) is 9.31. The third-order valence-electron chi connectivity index (χ3n) is 5.69. The van der Waals surface area contributed by atoms with Gasteiger partial charge in [-0.2, -0.15) is 0 Å². The lowest BCUT2D eigenvalue weighted by atomic mass is 9.79. The Bertz CT molecular complexity index is 563. The first-order valence-corrected chi connectivity index (χ1v) is 9.31. The minimum atomic E-state index is -0.318. The van der Waals surface area contributed by atoms with Crippen molar-refractivity contribution in [1.29, 1.82) is 0 Å². The van der Waals surface area contributed by atoms with Crippen LogP contribution in [-0.2, 0) is 9.31 Å². The largest absolute Gasteiger partial charge is 0.494 e. The highest BCUT2D eigenvalue weighted by atomic mass is 19.1. The third-order valence-corrected chi connectivity index (χ3v) is 5.69. The van der Waals surface area contributed by atoms with Gasteiger partial charge in [0.2, 0.25) is 0 Å². The van der Waals surface area contributed by atoms with Crippen molar-refractivity contribution in [2.24, 2.45) is 0 Å². The summed E-state index contributed by atoms with van der Waals surface area (Å²) in [7, 11) is -0.318. The molecule has 2 heterocycles. The average Bonchev–Trinajstić information content (AvgIpc) is 3.08. The zero-order chi connectivity index (χ0) is 18.1. The molecule has 25 heavy (non-hydrogen) atoms. The van der Waals surface area contributed by atoms with E-state index >= 15 is 0 Å². The average molecular weight is 348 g/mol. The lowest BCUT2D eigenvalue weighted by Crippen LogP contribution is -2.41. The van der Waals surface area contributed by atoms with Crippen molar-refractivity contribution in [3.8, 4) is 0 Å². The zero-order valence-corrected chi connectivity index (χ0v) is 15.8. The molecule has 1 N–H and O–H groups in total. The van der Waals surface area contributed by atoms with E-state index in [4.69, 9.17) is 9.31 Å². The molecular weight excluding hydrogens is 318 g/mol. The SMILES string of the molecule is CC1(C)OB(c2ccc(N[C@H]3CCN(CCCF)C3)cc2)OC1(C)C. The van der Waals surface area contributed by atoms with E-state index in [9.17, 15) is 4.39 Å².